The molecule has 0 bridgehead atoms. The quantitative estimate of drug-likeness (QED) is 0.425. The molecule has 0 saturated carbocycles. The Hall–Kier alpha value is -3.13. The predicted molar refractivity (Wildman–Crippen MR) is 128 cm³/mol. The van der Waals surface area contributed by atoms with Crippen LogP contribution in [0.3, 0.4) is 0 Å². The van der Waals surface area contributed by atoms with Gasteiger partial charge in [-0.05, 0) is 41.2 Å². The topological polar surface area (TPSA) is 20.3 Å². The van der Waals surface area contributed by atoms with Crippen LogP contribution in [0, 0.1) is 5.92 Å². The molecule has 0 aliphatic carbocycles. The highest BCUT2D eigenvalue weighted by Crippen LogP contribution is 2.36. The summed E-state index contributed by atoms with van der Waals surface area (Å²) in [6.07, 6.45) is 4.87. The third kappa shape index (κ3) is 5.27. The molecular weight excluding hydrogens is 366 g/mol. The minimum Gasteiger partial charge on any atom is -0.281 e. The van der Waals surface area contributed by atoms with Crippen LogP contribution < -0.4 is 4.90 Å². The molecular formula is C28H31NO. The van der Waals surface area contributed by atoms with Gasteiger partial charge in [-0.3, -0.25) is 9.69 Å². The van der Waals surface area contributed by atoms with Crippen LogP contribution in [0.1, 0.15) is 45.2 Å². The van der Waals surface area contributed by atoms with Gasteiger partial charge in [0.15, 0.2) is 0 Å². The summed E-state index contributed by atoms with van der Waals surface area (Å²) >= 11 is 0. The highest BCUT2D eigenvalue weighted by Gasteiger charge is 2.28. The largest absolute Gasteiger partial charge is 0.281 e. The second-order valence-electron chi connectivity index (χ2n) is 8.73. The number of para-hydroxylation sites is 2. The van der Waals surface area contributed by atoms with Crippen LogP contribution in [0.25, 0.3) is 6.08 Å². The van der Waals surface area contributed by atoms with Gasteiger partial charge in [-0.1, -0.05) is 107 Å². The highest BCUT2D eigenvalue weighted by atomic mass is 16.2. The van der Waals surface area contributed by atoms with Gasteiger partial charge in [0.25, 0.3) is 0 Å². The van der Waals surface area contributed by atoms with E-state index in [9.17, 15) is 4.79 Å². The first kappa shape index (κ1) is 21.6. The number of benzene rings is 3. The molecule has 0 aliphatic heterocycles. The lowest BCUT2D eigenvalue weighted by Crippen LogP contribution is -2.33. The van der Waals surface area contributed by atoms with Gasteiger partial charge in [-0.25, -0.2) is 0 Å². The van der Waals surface area contributed by atoms with Crippen LogP contribution in [0.5, 0.6) is 0 Å². The molecule has 3 aromatic carbocycles. The molecule has 0 unspecified atom stereocenters. The maximum Gasteiger partial charge on any atom is 0.234 e. The number of hydrogen-bond donors (Lipinski definition) is 0. The third-order valence-corrected chi connectivity index (χ3v) is 5.21. The Morgan fingerprint density at radius 2 is 1.43 bits per heavy atom. The van der Waals surface area contributed by atoms with E-state index in [1.807, 2.05) is 72.5 Å². The fourth-order valence-corrected chi connectivity index (χ4v) is 3.56. The Morgan fingerprint density at radius 3 is 2.07 bits per heavy atom. The van der Waals surface area contributed by atoms with E-state index in [0.717, 1.165) is 22.5 Å². The molecule has 0 fully saturated rings. The minimum absolute atomic E-state index is 0.0691. The van der Waals surface area contributed by atoms with Crippen molar-refractivity contribution < 1.29 is 4.79 Å². The number of allylic oxidation sites excluding steroid dienone is 1. The van der Waals surface area contributed by atoms with Crippen molar-refractivity contribution in [2.45, 2.75) is 39.5 Å². The van der Waals surface area contributed by atoms with Crippen molar-refractivity contribution in [3.05, 3.63) is 102 Å². The fraction of sp³-hybridized carbons (Fsp3) is 0.250. The van der Waals surface area contributed by atoms with Crippen LogP contribution in [0.15, 0.2) is 91.0 Å². The Balaban J connectivity index is 1.92. The smallest absolute Gasteiger partial charge is 0.234 e. The molecule has 0 saturated heterocycles. The molecule has 154 valence electrons. The third-order valence-electron chi connectivity index (χ3n) is 5.21. The monoisotopic (exact) mass is 397 g/mol. The Morgan fingerprint density at radius 1 is 0.867 bits per heavy atom. The van der Waals surface area contributed by atoms with Crippen molar-refractivity contribution in [3.8, 4) is 0 Å². The Labute approximate surface area is 180 Å². The van der Waals surface area contributed by atoms with E-state index in [1.165, 1.54) is 0 Å². The second kappa shape index (κ2) is 9.58. The van der Waals surface area contributed by atoms with E-state index < -0.39 is 0 Å². The van der Waals surface area contributed by atoms with Crippen LogP contribution in [-0.2, 0) is 10.2 Å². The van der Waals surface area contributed by atoms with Crippen LogP contribution >= 0.6 is 0 Å². The van der Waals surface area contributed by atoms with Gasteiger partial charge in [0.1, 0.15) is 0 Å². The molecule has 1 atom stereocenters. The summed E-state index contributed by atoms with van der Waals surface area (Å²) in [5, 5.41) is 0. The van der Waals surface area contributed by atoms with E-state index in [4.69, 9.17) is 0 Å². The molecule has 0 spiro atoms. The molecule has 0 aromatic heterocycles. The van der Waals surface area contributed by atoms with Crippen LogP contribution in [0.4, 0.5) is 11.4 Å². The number of carbonyl (C=O) groups is 1. The van der Waals surface area contributed by atoms with Gasteiger partial charge in [0, 0.05) is 11.6 Å². The van der Waals surface area contributed by atoms with Gasteiger partial charge in [0.2, 0.25) is 5.91 Å². The standard InChI is InChI=1S/C28H31NO/c1-22(14-13-17-23-15-7-5-8-16-23)27(30)29(24-18-9-6-10-19-24)26-21-12-11-20-25(26)28(2,3)4/h5-13,15-22H,14H2,1-4H3/b17-13+/t22-/m1/s1. The highest BCUT2D eigenvalue weighted by molar-refractivity contribution is 6.02. The molecule has 0 aliphatic rings. The minimum atomic E-state index is -0.141. The average Bonchev–Trinajstić information content (AvgIpc) is 2.75. The van der Waals surface area contributed by atoms with Crippen molar-refractivity contribution in [2.75, 3.05) is 4.90 Å². The number of rotatable bonds is 6. The summed E-state index contributed by atoms with van der Waals surface area (Å²) in [5.74, 6) is -0.0335. The summed E-state index contributed by atoms with van der Waals surface area (Å²) in [6.45, 7) is 8.57. The molecule has 3 rings (SSSR count). The molecule has 3 aromatic rings. The zero-order valence-corrected chi connectivity index (χ0v) is 18.4. The van der Waals surface area contributed by atoms with Crippen molar-refractivity contribution >= 4 is 23.4 Å². The summed E-state index contributed by atoms with van der Waals surface area (Å²) in [6, 6.07) is 28.4. The summed E-state index contributed by atoms with van der Waals surface area (Å²) in [4.78, 5) is 15.5. The van der Waals surface area contributed by atoms with Gasteiger partial charge >= 0.3 is 0 Å². The first-order chi connectivity index (χ1) is 14.4. The van der Waals surface area contributed by atoms with E-state index in [1.54, 1.807) is 0 Å². The maximum atomic E-state index is 13.7. The summed E-state index contributed by atoms with van der Waals surface area (Å²) < 4.78 is 0. The van der Waals surface area contributed by atoms with E-state index >= 15 is 0 Å². The Bertz CT molecular complexity index is 984. The Kier molecular flexibility index (Phi) is 6.89. The lowest BCUT2D eigenvalue weighted by molar-refractivity contribution is -0.121. The van der Waals surface area contributed by atoms with E-state index in [2.05, 4.69) is 57.2 Å². The van der Waals surface area contributed by atoms with Crippen LogP contribution in [0.2, 0.25) is 0 Å². The first-order valence-corrected chi connectivity index (χ1v) is 10.6. The van der Waals surface area contributed by atoms with Gasteiger partial charge < -0.3 is 0 Å². The molecule has 0 radical (unpaired) electrons. The van der Waals surface area contributed by atoms with Crippen molar-refractivity contribution in [3.63, 3.8) is 0 Å². The maximum absolute atomic E-state index is 13.7. The number of carbonyl (C=O) groups excluding carboxylic acids is 1. The first-order valence-electron chi connectivity index (χ1n) is 10.6. The normalized spacial score (nSPS) is 12.7. The average molecular weight is 398 g/mol. The van der Waals surface area contributed by atoms with E-state index in [0.29, 0.717) is 6.42 Å². The van der Waals surface area contributed by atoms with Gasteiger partial charge in [0.05, 0.1) is 5.69 Å². The van der Waals surface area contributed by atoms with Gasteiger partial charge in [-0.15, -0.1) is 0 Å². The lowest BCUT2D eigenvalue weighted by atomic mass is 9.85. The molecule has 0 heterocycles. The number of nitrogens with zero attached hydrogens (tertiary/aromatic N) is 1. The molecule has 2 nitrogen and oxygen atoms in total. The van der Waals surface area contributed by atoms with Crippen molar-refractivity contribution in [1.29, 1.82) is 0 Å². The van der Waals surface area contributed by atoms with Crippen molar-refractivity contribution in [2.24, 2.45) is 5.92 Å². The van der Waals surface area contributed by atoms with Gasteiger partial charge in [-0.2, -0.15) is 0 Å². The number of amides is 1. The summed E-state index contributed by atoms with van der Waals surface area (Å²) in [5.41, 5.74) is 4.10. The SMILES string of the molecule is C[C@H](C/C=C/c1ccccc1)C(=O)N(c1ccccc1)c1ccccc1C(C)(C)C. The molecule has 1 amide bonds. The molecule has 30 heavy (non-hydrogen) atoms. The predicted octanol–water partition coefficient (Wildman–Crippen LogP) is 7.39. The fourth-order valence-electron chi connectivity index (χ4n) is 3.56. The number of anilines is 2. The molecule has 2 heteroatoms. The zero-order chi connectivity index (χ0) is 21.6. The second-order valence-corrected chi connectivity index (χ2v) is 8.73. The molecule has 0 N–H and O–H groups in total. The van der Waals surface area contributed by atoms with Crippen molar-refractivity contribution in [1.82, 2.24) is 0 Å². The van der Waals surface area contributed by atoms with E-state index in [-0.39, 0.29) is 17.2 Å². The van der Waals surface area contributed by atoms with Crippen LogP contribution in [-0.4, -0.2) is 5.91 Å². The summed E-state index contributed by atoms with van der Waals surface area (Å²) in [7, 11) is 0. The lowest BCUT2D eigenvalue weighted by Gasteiger charge is -2.31. The number of hydrogen-bond acceptors (Lipinski definition) is 1. The zero-order valence-electron chi connectivity index (χ0n) is 18.4.